The summed E-state index contributed by atoms with van der Waals surface area (Å²) >= 11 is 0. The third kappa shape index (κ3) is 2.35. The quantitative estimate of drug-likeness (QED) is 0.252. The molecule has 1 radical (unpaired) electrons. The number of nitrogens with zero attached hydrogens (tertiary/aromatic N) is 3. The molecular formula is C21H12IrN3O-. The van der Waals surface area contributed by atoms with Gasteiger partial charge in [-0.1, -0.05) is 11.8 Å². The van der Waals surface area contributed by atoms with Crippen molar-refractivity contribution < 1.29 is 29.1 Å². The summed E-state index contributed by atoms with van der Waals surface area (Å²) in [5, 5.41) is 11.1. The number of rotatable bonds is 1. The fourth-order valence-corrected chi connectivity index (χ4v) is 3.28. The van der Waals surface area contributed by atoms with Crippen molar-refractivity contribution in [3.63, 3.8) is 0 Å². The summed E-state index contributed by atoms with van der Waals surface area (Å²) in [6.07, 6.45) is 3.32. The van der Waals surface area contributed by atoms with E-state index in [-0.39, 0.29) is 20.1 Å². The monoisotopic (exact) mass is 515 g/mol. The third-order valence-corrected chi connectivity index (χ3v) is 4.48. The Balaban J connectivity index is 0.00000168. The molecule has 2 heterocycles. The minimum absolute atomic E-state index is 0. The van der Waals surface area contributed by atoms with Crippen molar-refractivity contribution in [3.8, 4) is 11.8 Å². The maximum atomic E-state index is 9.09. The van der Waals surface area contributed by atoms with Gasteiger partial charge in [0.2, 0.25) is 6.33 Å². The van der Waals surface area contributed by atoms with Gasteiger partial charge in [-0.15, -0.1) is 0 Å². The van der Waals surface area contributed by atoms with E-state index in [1.165, 1.54) is 0 Å². The largest absolute Gasteiger partial charge is 0.457 e. The minimum atomic E-state index is 0. The van der Waals surface area contributed by atoms with Crippen molar-refractivity contribution >= 4 is 33.0 Å². The molecule has 0 amide bonds. The molecule has 0 fully saturated rings. The first-order valence-electron chi connectivity index (χ1n) is 7.92. The molecule has 0 aliphatic carbocycles. The van der Waals surface area contributed by atoms with Crippen molar-refractivity contribution in [1.29, 1.82) is 5.26 Å². The maximum absolute atomic E-state index is 9.09. The molecule has 0 atom stereocenters. The van der Waals surface area contributed by atoms with Crippen LogP contribution in [0.2, 0.25) is 0 Å². The van der Waals surface area contributed by atoms with Gasteiger partial charge in [0.25, 0.3) is 0 Å². The van der Waals surface area contributed by atoms with Gasteiger partial charge in [-0.05, 0) is 24.3 Å². The van der Waals surface area contributed by atoms with E-state index < -0.39 is 0 Å². The second-order valence-corrected chi connectivity index (χ2v) is 6.00. The first-order valence-corrected chi connectivity index (χ1v) is 7.92. The molecule has 0 saturated heterocycles. The molecule has 0 aliphatic rings. The van der Waals surface area contributed by atoms with Gasteiger partial charge in [0.1, 0.15) is 11.2 Å². The first kappa shape index (κ1) is 16.5. The molecule has 4 nitrogen and oxygen atoms in total. The number of benzene rings is 3. The number of hydrogen-bond donors (Lipinski definition) is 0. The number of hydrogen-bond acceptors (Lipinski definition) is 2. The second kappa shape index (κ2) is 6.10. The van der Waals surface area contributed by atoms with Crippen molar-refractivity contribution in [2.75, 3.05) is 0 Å². The van der Waals surface area contributed by atoms with E-state index >= 15 is 0 Å². The summed E-state index contributed by atoms with van der Waals surface area (Å²) in [6.45, 7) is 0. The number of aryl methyl sites for hydroxylation is 1. The van der Waals surface area contributed by atoms with Crippen LogP contribution in [0.4, 0.5) is 0 Å². The molecule has 5 heteroatoms. The van der Waals surface area contributed by atoms with Crippen LogP contribution in [0.1, 0.15) is 5.56 Å². The van der Waals surface area contributed by atoms with Crippen LogP contribution < -0.4 is 4.57 Å². The summed E-state index contributed by atoms with van der Waals surface area (Å²) in [7, 11) is 1.98. The number of furan rings is 1. The molecular weight excluding hydrogens is 502 g/mol. The van der Waals surface area contributed by atoms with Crippen LogP contribution in [-0.2, 0) is 27.2 Å². The average molecular weight is 515 g/mol. The van der Waals surface area contributed by atoms with Crippen LogP contribution in [0.15, 0.2) is 59.0 Å². The maximum Gasteiger partial charge on any atom is 0.242 e. The molecule has 5 rings (SSSR count). The van der Waals surface area contributed by atoms with Gasteiger partial charge in [-0.25, -0.2) is 0 Å². The molecule has 0 bridgehead atoms. The van der Waals surface area contributed by atoms with E-state index in [0.29, 0.717) is 5.56 Å². The summed E-state index contributed by atoms with van der Waals surface area (Å²) in [4.78, 5) is 0. The Morgan fingerprint density at radius 2 is 1.92 bits per heavy atom. The standard InChI is InChI=1S/C21H12N3O.Ir/c1-23-13-24(15-5-3-2-4-6-15)19-11-21-17(10-18(19)23)16-8-7-14(12-22)9-20(16)25-21;/h2-5,7-11H,1H3;/q-1;. The van der Waals surface area contributed by atoms with Gasteiger partial charge in [-0.3, -0.25) is 0 Å². The fraction of sp³-hybridized carbons (Fsp3) is 0.0476. The fourth-order valence-electron chi connectivity index (χ4n) is 3.28. The van der Waals surface area contributed by atoms with Crippen molar-refractivity contribution in [3.05, 3.63) is 72.6 Å². The number of aromatic nitrogens is 2. The van der Waals surface area contributed by atoms with Crippen LogP contribution in [0.5, 0.6) is 0 Å². The Labute approximate surface area is 163 Å². The molecule has 26 heavy (non-hydrogen) atoms. The molecule has 5 aromatic rings. The third-order valence-electron chi connectivity index (χ3n) is 4.48. The molecule has 0 unspecified atom stereocenters. The summed E-state index contributed by atoms with van der Waals surface area (Å²) in [5.74, 6) is 0. The van der Waals surface area contributed by atoms with Crippen LogP contribution in [0.3, 0.4) is 0 Å². The van der Waals surface area contributed by atoms with E-state index in [0.717, 1.165) is 38.7 Å². The van der Waals surface area contributed by atoms with E-state index in [1.54, 1.807) is 6.07 Å². The van der Waals surface area contributed by atoms with Crippen molar-refractivity contribution in [2.45, 2.75) is 0 Å². The van der Waals surface area contributed by atoms with E-state index in [2.05, 4.69) is 24.5 Å². The topological polar surface area (TPSA) is 45.7 Å². The van der Waals surface area contributed by atoms with Crippen LogP contribution >= 0.6 is 0 Å². The zero-order chi connectivity index (χ0) is 17.0. The van der Waals surface area contributed by atoms with Gasteiger partial charge < -0.3 is 13.6 Å². The second-order valence-electron chi connectivity index (χ2n) is 6.00. The average Bonchev–Trinajstić information content (AvgIpc) is 3.17. The van der Waals surface area contributed by atoms with Gasteiger partial charge in [0, 0.05) is 30.9 Å². The normalized spacial score (nSPS) is 10.9. The molecule has 0 aliphatic heterocycles. The molecule has 3 aromatic carbocycles. The van der Waals surface area contributed by atoms with E-state index in [4.69, 9.17) is 9.68 Å². The summed E-state index contributed by atoms with van der Waals surface area (Å²) < 4.78 is 9.95. The molecule has 2 aromatic heterocycles. The number of imidazole rings is 1. The van der Waals surface area contributed by atoms with Gasteiger partial charge in [0.05, 0.1) is 29.7 Å². The Morgan fingerprint density at radius 3 is 2.69 bits per heavy atom. The zero-order valence-corrected chi connectivity index (χ0v) is 16.2. The van der Waals surface area contributed by atoms with Gasteiger partial charge in [-0.2, -0.15) is 35.6 Å². The molecule has 0 saturated carbocycles. The molecule has 0 N–H and O–H groups in total. The molecule has 127 valence electrons. The van der Waals surface area contributed by atoms with Crippen molar-refractivity contribution in [1.82, 2.24) is 4.57 Å². The predicted octanol–water partition coefficient (Wildman–Crippen LogP) is 3.82. The van der Waals surface area contributed by atoms with Crippen molar-refractivity contribution in [2.24, 2.45) is 7.05 Å². The minimum Gasteiger partial charge on any atom is -0.457 e. The Morgan fingerprint density at radius 1 is 1.08 bits per heavy atom. The van der Waals surface area contributed by atoms with Gasteiger partial charge >= 0.3 is 0 Å². The van der Waals surface area contributed by atoms with Crippen LogP contribution in [0, 0.1) is 23.7 Å². The summed E-state index contributed by atoms with van der Waals surface area (Å²) in [5.41, 5.74) is 5.09. The van der Waals surface area contributed by atoms with E-state index in [1.807, 2.05) is 58.6 Å². The SMILES string of the molecule is C[n+]1[c-]n(-c2[c-]cccc2)c2cc3oc4cc(C#N)ccc4c3cc21.[Ir]. The number of fused-ring (bicyclic) bond motifs is 4. The predicted molar refractivity (Wildman–Crippen MR) is 94.1 cm³/mol. The Bertz CT molecular complexity index is 1310. The van der Waals surface area contributed by atoms with Crippen LogP contribution in [-0.4, -0.2) is 4.57 Å². The molecule has 0 spiro atoms. The smallest absolute Gasteiger partial charge is 0.242 e. The van der Waals surface area contributed by atoms with Gasteiger partial charge in [0.15, 0.2) is 0 Å². The van der Waals surface area contributed by atoms with Crippen LogP contribution in [0.25, 0.3) is 38.7 Å². The Kier molecular flexibility index (Phi) is 3.88. The number of nitriles is 1. The Hall–Kier alpha value is -2.93. The first-order chi connectivity index (χ1) is 12.2. The number of para-hydroxylation sites is 1. The van der Waals surface area contributed by atoms with E-state index in [9.17, 15) is 0 Å². The summed E-state index contributed by atoms with van der Waals surface area (Å²) in [6, 6.07) is 22.9. The zero-order valence-electron chi connectivity index (χ0n) is 13.8.